The Morgan fingerprint density at radius 1 is 1.11 bits per heavy atom. The molecule has 188 valence electrons. The summed E-state index contributed by atoms with van der Waals surface area (Å²) < 4.78 is 14.1. The van der Waals surface area contributed by atoms with Crippen LogP contribution in [0.25, 0.3) is 22.8 Å². The predicted molar refractivity (Wildman–Crippen MR) is 141 cm³/mol. The third kappa shape index (κ3) is 3.63. The van der Waals surface area contributed by atoms with Crippen LogP contribution in [0.2, 0.25) is 0 Å². The maximum Gasteiger partial charge on any atom is 0.256 e. The second-order valence-electron chi connectivity index (χ2n) is 10.7. The molecule has 1 saturated heterocycles. The van der Waals surface area contributed by atoms with Crippen molar-refractivity contribution in [1.82, 2.24) is 15.2 Å². The number of nitrogens with zero attached hydrogens (tertiary/aromatic N) is 1. The zero-order valence-corrected chi connectivity index (χ0v) is 20.7. The van der Waals surface area contributed by atoms with Gasteiger partial charge in [-0.1, -0.05) is 24.3 Å². The van der Waals surface area contributed by atoms with E-state index in [-0.39, 0.29) is 29.7 Å². The first-order chi connectivity index (χ1) is 18.0. The normalized spacial score (nSPS) is 23.3. The summed E-state index contributed by atoms with van der Waals surface area (Å²) in [6.45, 7) is 3.71. The van der Waals surface area contributed by atoms with Gasteiger partial charge in [0.1, 0.15) is 5.82 Å². The number of anilines is 1. The quantitative estimate of drug-likeness (QED) is 0.421. The van der Waals surface area contributed by atoms with Gasteiger partial charge in [0, 0.05) is 29.2 Å². The van der Waals surface area contributed by atoms with Gasteiger partial charge >= 0.3 is 0 Å². The minimum Gasteiger partial charge on any atom is -0.357 e. The molecular weight excluding hydrogens is 467 g/mol. The van der Waals surface area contributed by atoms with Crippen LogP contribution >= 0.6 is 0 Å². The van der Waals surface area contributed by atoms with E-state index < -0.39 is 0 Å². The molecule has 2 amide bonds. The molecule has 1 aromatic heterocycles. The molecule has 1 unspecified atom stereocenters. The summed E-state index contributed by atoms with van der Waals surface area (Å²) in [6.07, 6.45) is 6.41. The second-order valence-corrected chi connectivity index (χ2v) is 10.7. The Morgan fingerprint density at radius 3 is 2.76 bits per heavy atom. The van der Waals surface area contributed by atoms with Crippen LogP contribution in [-0.2, 0) is 4.79 Å². The number of nitrogens with one attached hydrogen (secondary N) is 3. The average molecular weight is 497 g/mol. The minimum absolute atomic E-state index is 0.0641. The Balaban J connectivity index is 1.34. The van der Waals surface area contributed by atoms with Crippen LogP contribution in [0.15, 0.2) is 42.5 Å². The van der Waals surface area contributed by atoms with E-state index in [0.717, 1.165) is 65.5 Å². The Kier molecular flexibility index (Phi) is 5.11. The van der Waals surface area contributed by atoms with E-state index in [2.05, 4.69) is 15.6 Å². The van der Waals surface area contributed by atoms with Gasteiger partial charge in [-0.25, -0.2) is 4.39 Å². The number of rotatable bonds is 5. The van der Waals surface area contributed by atoms with Gasteiger partial charge in [0.25, 0.3) is 11.8 Å². The van der Waals surface area contributed by atoms with Gasteiger partial charge in [0.15, 0.2) is 0 Å². The van der Waals surface area contributed by atoms with Gasteiger partial charge in [-0.15, -0.1) is 0 Å². The fourth-order valence-electron chi connectivity index (χ4n) is 6.30. The summed E-state index contributed by atoms with van der Waals surface area (Å²) in [5.74, 6) is 0.279. The van der Waals surface area contributed by atoms with Gasteiger partial charge < -0.3 is 20.5 Å². The van der Waals surface area contributed by atoms with Crippen molar-refractivity contribution in [1.29, 1.82) is 0 Å². The zero-order valence-electron chi connectivity index (χ0n) is 20.7. The summed E-state index contributed by atoms with van der Waals surface area (Å²) >= 11 is 0. The monoisotopic (exact) mass is 496 g/mol. The molecule has 0 radical (unpaired) electrons. The van der Waals surface area contributed by atoms with Gasteiger partial charge in [-0.3, -0.25) is 9.59 Å². The largest absolute Gasteiger partial charge is 0.357 e. The molecule has 0 spiro atoms. The standard InChI is InChI=1S/C30H29FN4O2/c1-16-23(33-28-25(16)30(37)35-12-4-9-24(35)27(28)32-15-17-10-11-17)14-21-26-20(18-5-2-6-19(31)13-18)7-3-8-22(26)34-29(21)36/h2-3,5-8,13-14,17,24,27,32-33H,4,9-12,15H2,1H3,(H,34,36)/b21-14-/t24-,27?/m0/s1. The number of fused-ring (bicyclic) bond motifs is 3. The highest BCUT2D eigenvalue weighted by atomic mass is 19.1. The number of hydrogen-bond donors (Lipinski definition) is 3. The Hall–Kier alpha value is -3.71. The molecule has 7 rings (SSSR count). The molecule has 1 aliphatic carbocycles. The molecule has 3 aromatic rings. The van der Waals surface area contributed by atoms with Crippen molar-refractivity contribution < 1.29 is 14.0 Å². The maximum atomic E-state index is 14.1. The van der Waals surface area contributed by atoms with Crippen LogP contribution in [-0.4, -0.2) is 40.8 Å². The van der Waals surface area contributed by atoms with Crippen molar-refractivity contribution in [2.24, 2.45) is 5.92 Å². The van der Waals surface area contributed by atoms with E-state index in [1.807, 2.05) is 42.2 Å². The third-order valence-electron chi connectivity index (χ3n) is 8.36. The van der Waals surface area contributed by atoms with E-state index in [1.54, 1.807) is 6.07 Å². The molecule has 2 aromatic carbocycles. The van der Waals surface area contributed by atoms with Gasteiger partial charge in [0.2, 0.25) is 0 Å². The Bertz CT molecular complexity index is 1480. The molecule has 3 aliphatic heterocycles. The first kappa shape index (κ1) is 22.5. The van der Waals surface area contributed by atoms with Crippen LogP contribution < -0.4 is 10.6 Å². The fourth-order valence-corrected chi connectivity index (χ4v) is 6.30. The summed E-state index contributed by atoms with van der Waals surface area (Å²) in [7, 11) is 0. The van der Waals surface area contributed by atoms with Crippen molar-refractivity contribution >= 4 is 29.2 Å². The average Bonchev–Trinajstić information content (AvgIpc) is 3.33. The van der Waals surface area contributed by atoms with Crippen LogP contribution in [0.1, 0.15) is 64.6 Å². The lowest BCUT2D eigenvalue weighted by Gasteiger charge is -2.37. The molecule has 2 atom stereocenters. The maximum absolute atomic E-state index is 14.1. The number of hydrogen-bond acceptors (Lipinski definition) is 3. The molecule has 2 fully saturated rings. The van der Waals surface area contributed by atoms with Crippen molar-refractivity contribution in [2.75, 3.05) is 18.4 Å². The number of carbonyl (C=O) groups excluding carboxylic acids is 2. The fraction of sp³-hybridized carbons (Fsp3) is 0.333. The first-order valence-corrected chi connectivity index (χ1v) is 13.2. The topological polar surface area (TPSA) is 77.2 Å². The van der Waals surface area contributed by atoms with Gasteiger partial charge in [-0.2, -0.15) is 0 Å². The lowest BCUT2D eigenvalue weighted by atomic mass is 9.92. The number of benzene rings is 2. The summed E-state index contributed by atoms with van der Waals surface area (Å²) in [5, 5.41) is 6.73. The highest BCUT2D eigenvalue weighted by molar-refractivity contribution is 6.36. The number of H-pyrrole nitrogens is 1. The molecule has 4 aliphatic rings. The number of aromatic amines is 1. The molecular formula is C30H29FN4O2. The smallest absolute Gasteiger partial charge is 0.256 e. The number of aromatic nitrogens is 1. The predicted octanol–water partition coefficient (Wildman–Crippen LogP) is 5.28. The zero-order chi connectivity index (χ0) is 25.3. The second kappa shape index (κ2) is 8.42. The molecule has 37 heavy (non-hydrogen) atoms. The molecule has 1 saturated carbocycles. The van der Waals surface area contributed by atoms with Crippen LogP contribution in [0.5, 0.6) is 0 Å². The molecule has 0 bridgehead atoms. The Morgan fingerprint density at radius 2 is 1.95 bits per heavy atom. The van der Waals surface area contributed by atoms with Crippen molar-refractivity contribution in [3.8, 4) is 11.1 Å². The first-order valence-electron chi connectivity index (χ1n) is 13.2. The molecule has 6 nitrogen and oxygen atoms in total. The van der Waals surface area contributed by atoms with Crippen LogP contribution in [0.4, 0.5) is 10.1 Å². The summed E-state index contributed by atoms with van der Waals surface area (Å²) in [5.41, 5.74) is 6.76. The third-order valence-corrected chi connectivity index (χ3v) is 8.36. The van der Waals surface area contributed by atoms with E-state index in [1.165, 1.54) is 25.0 Å². The SMILES string of the molecule is Cc1c(/C=C2\C(=O)Nc3cccc(-c4cccc(F)c4)c32)[nH]c2c1C(=O)N1CCC[C@H]1C2NCC1CC1. The highest BCUT2D eigenvalue weighted by Crippen LogP contribution is 2.43. The molecule has 7 heteroatoms. The van der Waals surface area contributed by atoms with Crippen molar-refractivity contribution in [2.45, 2.75) is 44.7 Å². The van der Waals surface area contributed by atoms with Crippen LogP contribution in [0.3, 0.4) is 0 Å². The molecule has 3 N–H and O–H groups in total. The minimum atomic E-state index is -0.324. The van der Waals surface area contributed by atoms with Crippen molar-refractivity contribution in [3.05, 3.63) is 76.4 Å². The van der Waals surface area contributed by atoms with Crippen molar-refractivity contribution in [3.63, 3.8) is 0 Å². The Labute approximate surface area is 214 Å². The highest BCUT2D eigenvalue weighted by Gasteiger charge is 2.45. The number of carbonyl (C=O) groups is 2. The van der Waals surface area contributed by atoms with E-state index >= 15 is 0 Å². The lowest BCUT2D eigenvalue weighted by Crippen LogP contribution is -2.49. The summed E-state index contributed by atoms with van der Waals surface area (Å²) in [4.78, 5) is 32.3. The van der Waals surface area contributed by atoms with E-state index in [0.29, 0.717) is 16.8 Å². The van der Waals surface area contributed by atoms with Gasteiger partial charge in [0.05, 0.1) is 23.2 Å². The molecule has 4 heterocycles. The van der Waals surface area contributed by atoms with Gasteiger partial charge in [-0.05, 0) is 86.0 Å². The van der Waals surface area contributed by atoms with Crippen LogP contribution in [0, 0.1) is 18.7 Å². The van der Waals surface area contributed by atoms with E-state index in [9.17, 15) is 14.0 Å². The lowest BCUT2D eigenvalue weighted by molar-refractivity contribution is -0.110. The van der Waals surface area contributed by atoms with E-state index in [4.69, 9.17) is 0 Å². The summed E-state index contributed by atoms with van der Waals surface area (Å²) in [6, 6.07) is 12.3. The number of amides is 2. The number of halogens is 1.